The van der Waals surface area contributed by atoms with Crippen LogP contribution in [-0.4, -0.2) is 34.2 Å². The lowest BCUT2D eigenvalue weighted by Gasteiger charge is -2.22. The number of urea groups is 1. The van der Waals surface area contributed by atoms with E-state index in [0.29, 0.717) is 12.0 Å². The Bertz CT molecular complexity index is 1180. The van der Waals surface area contributed by atoms with Gasteiger partial charge in [-0.15, -0.1) is 0 Å². The summed E-state index contributed by atoms with van der Waals surface area (Å²) in [6.45, 7) is 1.79. The minimum Gasteiger partial charge on any atom is -0.360 e. The summed E-state index contributed by atoms with van der Waals surface area (Å²) in [4.78, 5) is 43.2. The molecule has 2 heterocycles. The van der Waals surface area contributed by atoms with Gasteiger partial charge in [-0.3, -0.25) is 14.5 Å². The molecule has 1 spiro atoms. The van der Waals surface area contributed by atoms with E-state index in [2.05, 4.69) is 17.2 Å². The van der Waals surface area contributed by atoms with E-state index in [0.717, 1.165) is 45.3 Å². The lowest BCUT2D eigenvalue weighted by atomic mass is 9.92. The van der Waals surface area contributed by atoms with Crippen LogP contribution in [0.25, 0.3) is 10.9 Å². The van der Waals surface area contributed by atoms with E-state index in [-0.39, 0.29) is 18.2 Å². The molecule has 6 nitrogen and oxygen atoms in total. The molecular weight excluding hydrogens is 366 g/mol. The highest BCUT2D eigenvalue weighted by molar-refractivity contribution is 6.15. The lowest BCUT2D eigenvalue weighted by Crippen LogP contribution is -2.42. The molecule has 0 radical (unpaired) electrons. The zero-order chi connectivity index (χ0) is 20.2. The normalized spacial score (nSPS) is 20.5. The van der Waals surface area contributed by atoms with Gasteiger partial charge in [0.15, 0.2) is 5.78 Å². The third-order valence-corrected chi connectivity index (χ3v) is 6.21. The lowest BCUT2D eigenvalue weighted by molar-refractivity contribution is -0.131. The number of H-pyrrole nitrogens is 1. The van der Waals surface area contributed by atoms with Crippen molar-refractivity contribution in [2.24, 2.45) is 0 Å². The van der Waals surface area contributed by atoms with Crippen molar-refractivity contribution in [3.63, 3.8) is 0 Å². The number of ketones is 1. The first-order valence-corrected chi connectivity index (χ1v) is 9.90. The van der Waals surface area contributed by atoms with Crippen LogP contribution in [0, 0.1) is 0 Å². The minimum atomic E-state index is -1.04. The molecule has 1 aliphatic heterocycles. The monoisotopic (exact) mass is 387 g/mol. The molecule has 1 atom stereocenters. The van der Waals surface area contributed by atoms with Crippen molar-refractivity contribution in [1.82, 2.24) is 15.2 Å². The molecule has 1 fully saturated rings. The number of imide groups is 1. The molecule has 1 aromatic heterocycles. The molecule has 0 bridgehead atoms. The Morgan fingerprint density at radius 1 is 1.14 bits per heavy atom. The van der Waals surface area contributed by atoms with E-state index >= 15 is 0 Å². The van der Waals surface area contributed by atoms with Crippen LogP contribution in [0.1, 0.15) is 40.4 Å². The quantitative estimate of drug-likeness (QED) is 0.532. The van der Waals surface area contributed by atoms with Crippen LogP contribution < -0.4 is 5.32 Å². The molecule has 2 aromatic carbocycles. The second-order valence-corrected chi connectivity index (χ2v) is 7.70. The Labute approximate surface area is 167 Å². The van der Waals surface area contributed by atoms with Crippen LogP contribution in [0.4, 0.5) is 4.79 Å². The molecule has 3 amide bonds. The Morgan fingerprint density at radius 2 is 1.97 bits per heavy atom. The number of fused-ring (bicyclic) bond motifs is 3. The van der Waals surface area contributed by atoms with Gasteiger partial charge in [0.1, 0.15) is 5.54 Å². The van der Waals surface area contributed by atoms with Crippen molar-refractivity contribution in [2.75, 3.05) is 6.54 Å². The first kappa shape index (κ1) is 17.7. The van der Waals surface area contributed by atoms with Crippen molar-refractivity contribution in [3.05, 3.63) is 70.9 Å². The maximum absolute atomic E-state index is 13.3. The molecule has 1 aliphatic carbocycles. The number of aromatic nitrogens is 1. The van der Waals surface area contributed by atoms with E-state index < -0.39 is 11.6 Å². The van der Waals surface area contributed by atoms with E-state index in [1.54, 1.807) is 6.20 Å². The predicted molar refractivity (Wildman–Crippen MR) is 109 cm³/mol. The highest BCUT2D eigenvalue weighted by atomic mass is 16.2. The zero-order valence-electron chi connectivity index (χ0n) is 16.1. The topological polar surface area (TPSA) is 82.3 Å². The maximum Gasteiger partial charge on any atom is 0.325 e. The van der Waals surface area contributed by atoms with Crippen molar-refractivity contribution in [1.29, 1.82) is 0 Å². The van der Waals surface area contributed by atoms with Gasteiger partial charge in [0.05, 0.1) is 6.54 Å². The van der Waals surface area contributed by atoms with Gasteiger partial charge in [0, 0.05) is 22.7 Å². The average Bonchev–Trinajstić information content (AvgIpc) is 3.39. The van der Waals surface area contributed by atoms with Crippen molar-refractivity contribution >= 4 is 28.6 Å². The Hall–Kier alpha value is -3.41. The van der Waals surface area contributed by atoms with Gasteiger partial charge in [-0.2, -0.15) is 0 Å². The van der Waals surface area contributed by atoms with E-state index in [4.69, 9.17) is 0 Å². The molecule has 5 rings (SSSR count). The van der Waals surface area contributed by atoms with Crippen LogP contribution in [-0.2, 0) is 23.2 Å². The fourth-order valence-corrected chi connectivity index (χ4v) is 4.70. The number of aromatic amines is 1. The van der Waals surface area contributed by atoms with Crippen LogP contribution >= 0.6 is 0 Å². The number of benzene rings is 2. The van der Waals surface area contributed by atoms with Gasteiger partial charge in [0.2, 0.25) is 0 Å². The fourth-order valence-electron chi connectivity index (χ4n) is 4.70. The molecule has 146 valence electrons. The number of carbonyl (C=O) groups excluding carboxylic acids is 3. The van der Waals surface area contributed by atoms with Crippen molar-refractivity contribution in [3.8, 4) is 0 Å². The number of Topliss-reactive ketones (excluding diaryl/α,β-unsaturated/α-hetero) is 1. The first-order valence-electron chi connectivity index (χ1n) is 9.90. The molecule has 1 saturated heterocycles. The summed E-state index contributed by atoms with van der Waals surface area (Å²) in [7, 11) is 0. The second-order valence-electron chi connectivity index (χ2n) is 7.70. The molecule has 0 unspecified atom stereocenters. The minimum absolute atomic E-state index is 0.253. The predicted octanol–water partition coefficient (Wildman–Crippen LogP) is 3.31. The zero-order valence-corrected chi connectivity index (χ0v) is 16.1. The van der Waals surface area contributed by atoms with Gasteiger partial charge < -0.3 is 10.3 Å². The number of aryl methyl sites for hydroxylation is 2. The molecule has 6 heteroatoms. The van der Waals surface area contributed by atoms with E-state index in [9.17, 15) is 14.4 Å². The Balaban J connectivity index is 1.45. The van der Waals surface area contributed by atoms with Crippen molar-refractivity contribution in [2.45, 2.75) is 31.7 Å². The number of amides is 3. The van der Waals surface area contributed by atoms with Gasteiger partial charge in [-0.1, -0.05) is 49.4 Å². The van der Waals surface area contributed by atoms with Crippen LogP contribution in [0.5, 0.6) is 0 Å². The largest absolute Gasteiger partial charge is 0.360 e. The summed E-state index contributed by atoms with van der Waals surface area (Å²) in [6, 6.07) is 13.0. The highest BCUT2D eigenvalue weighted by Crippen LogP contribution is 2.41. The molecular formula is C23H21N3O3. The fraction of sp³-hybridized carbons (Fsp3) is 0.261. The van der Waals surface area contributed by atoms with Crippen LogP contribution in [0.15, 0.2) is 48.7 Å². The summed E-state index contributed by atoms with van der Waals surface area (Å²) >= 11 is 0. The van der Waals surface area contributed by atoms with Crippen LogP contribution in [0.3, 0.4) is 0 Å². The molecule has 2 N–H and O–H groups in total. The highest BCUT2D eigenvalue weighted by Gasteiger charge is 2.55. The first-order chi connectivity index (χ1) is 14.0. The summed E-state index contributed by atoms with van der Waals surface area (Å²) in [6.07, 6.45) is 3.77. The van der Waals surface area contributed by atoms with E-state index in [1.807, 2.05) is 42.5 Å². The van der Waals surface area contributed by atoms with E-state index in [1.165, 1.54) is 0 Å². The number of rotatable bonds is 4. The molecule has 0 saturated carbocycles. The summed E-state index contributed by atoms with van der Waals surface area (Å²) < 4.78 is 0. The third kappa shape index (κ3) is 2.45. The summed E-state index contributed by atoms with van der Waals surface area (Å²) in [5, 5.41) is 3.69. The van der Waals surface area contributed by atoms with Crippen LogP contribution in [0.2, 0.25) is 0 Å². The standard InChI is InChI=1S/C23H21N3O3/c1-2-14-7-5-8-16-17(12-24-20(14)16)19(27)13-26-21(28)23(25-22(26)29)11-10-15-6-3-4-9-18(15)23/h3-9,12,24H,2,10-11,13H2,1H3,(H,25,29)/t23-/m0/s1. The van der Waals surface area contributed by atoms with Gasteiger partial charge in [0.25, 0.3) is 5.91 Å². The number of hydrogen-bond acceptors (Lipinski definition) is 3. The third-order valence-electron chi connectivity index (χ3n) is 6.21. The molecule has 3 aromatic rings. The van der Waals surface area contributed by atoms with Gasteiger partial charge in [-0.05, 0) is 36.0 Å². The molecule has 29 heavy (non-hydrogen) atoms. The summed E-state index contributed by atoms with van der Waals surface area (Å²) in [5.41, 5.74) is 3.42. The number of nitrogens with zero attached hydrogens (tertiary/aromatic N) is 1. The smallest absolute Gasteiger partial charge is 0.325 e. The summed E-state index contributed by atoms with van der Waals surface area (Å²) in [5.74, 6) is -0.591. The Morgan fingerprint density at radius 3 is 2.79 bits per heavy atom. The SMILES string of the molecule is CCc1cccc2c(C(=O)CN3C(=O)N[C@]4(CCc5ccccc54)C3=O)c[nH]c12. The molecule has 2 aliphatic rings. The second kappa shape index (κ2) is 6.30. The number of hydrogen-bond donors (Lipinski definition) is 2. The Kier molecular flexibility index (Phi) is 3.84. The average molecular weight is 387 g/mol. The van der Waals surface area contributed by atoms with Gasteiger partial charge >= 0.3 is 6.03 Å². The number of carbonyl (C=O) groups is 3. The van der Waals surface area contributed by atoms with Crippen molar-refractivity contribution < 1.29 is 14.4 Å². The number of nitrogens with one attached hydrogen (secondary N) is 2. The maximum atomic E-state index is 13.3. The number of para-hydroxylation sites is 1. The van der Waals surface area contributed by atoms with Gasteiger partial charge in [-0.25, -0.2) is 4.79 Å².